The van der Waals surface area contributed by atoms with Crippen molar-refractivity contribution in [2.75, 3.05) is 0 Å². The van der Waals surface area contributed by atoms with Crippen LogP contribution in [0.1, 0.15) is 5.56 Å². The minimum Gasteiger partial charge on any atom is -0.326 e. The standard InChI is InChI=1S/C12H12N2.ClH/c13-7-10-6-12(9-14-8-10)11-4-2-1-3-5-11;/h1-6,8-9H,7,13H2;1H. The predicted molar refractivity (Wildman–Crippen MR) is 64.8 cm³/mol. The van der Waals surface area contributed by atoms with Gasteiger partial charge in [-0.2, -0.15) is 0 Å². The Morgan fingerprint density at radius 2 is 1.73 bits per heavy atom. The lowest BCUT2D eigenvalue weighted by Crippen LogP contribution is -1.96. The van der Waals surface area contributed by atoms with E-state index in [1.54, 1.807) is 6.20 Å². The highest BCUT2D eigenvalue weighted by Gasteiger charge is 1.97. The normalized spacial score (nSPS) is 9.40. The van der Waals surface area contributed by atoms with E-state index in [-0.39, 0.29) is 12.4 Å². The van der Waals surface area contributed by atoms with Gasteiger partial charge in [-0.25, -0.2) is 0 Å². The molecule has 0 spiro atoms. The Morgan fingerprint density at radius 1 is 1.00 bits per heavy atom. The van der Waals surface area contributed by atoms with E-state index in [4.69, 9.17) is 5.73 Å². The average Bonchev–Trinajstić information content (AvgIpc) is 2.30. The van der Waals surface area contributed by atoms with Gasteiger partial charge in [0.05, 0.1) is 0 Å². The maximum Gasteiger partial charge on any atom is 0.0346 e. The minimum atomic E-state index is 0. The summed E-state index contributed by atoms with van der Waals surface area (Å²) in [5.41, 5.74) is 8.91. The molecule has 1 heterocycles. The Bertz CT molecular complexity index is 415. The predicted octanol–water partition coefficient (Wildman–Crippen LogP) is 2.63. The average molecular weight is 221 g/mol. The smallest absolute Gasteiger partial charge is 0.0346 e. The molecule has 0 aliphatic heterocycles. The number of halogens is 1. The monoisotopic (exact) mass is 220 g/mol. The van der Waals surface area contributed by atoms with Crippen LogP contribution >= 0.6 is 12.4 Å². The summed E-state index contributed by atoms with van der Waals surface area (Å²) in [7, 11) is 0. The fourth-order valence-electron chi connectivity index (χ4n) is 1.39. The van der Waals surface area contributed by atoms with Crippen LogP contribution in [0.25, 0.3) is 11.1 Å². The van der Waals surface area contributed by atoms with E-state index < -0.39 is 0 Å². The van der Waals surface area contributed by atoms with E-state index in [9.17, 15) is 0 Å². The first-order chi connectivity index (χ1) is 6.90. The molecule has 1 aromatic heterocycles. The third kappa shape index (κ3) is 2.78. The lowest BCUT2D eigenvalue weighted by atomic mass is 10.1. The van der Waals surface area contributed by atoms with Gasteiger partial charge in [-0.3, -0.25) is 4.98 Å². The van der Waals surface area contributed by atoms with Gasteiger partial charge in [-0.05, 0) is 17.2 Å². The fourth-order valence-corrected chi connectivity index (χ4v) is 1.39. The molecule has 0 bridgehead atoms. The second-order valence-electron chi connectivity index (χ2n) is 3.15. The van der Waals surface area contributed by atoms with Gasteiger partial charge < -0.3 is 5.73 Å². The molecule has 2 aromatic rings. The van der Waals surface area contributed by atoms with Gasteiger partial charge >= 0.3 is 0 Å². The molecule has 15 heavy (non-hydrogen) atoms. The first-order valence-electron chi connectivity index (χ1n) is 4.59. The third-order valence-corrected chi connectivity index (χ3v) is 2.14. The van der Waals surface area contributed by atoms with Crippen molar-refractivity contribution in [3.05, 3.63) is 54.4 Å². The number of hydrogen-bond acceptors (Lipinski definition) is 2. The number of pyridine rings is 1. The second-order valence-corrected chi connectivity index (χ2v) is 3.15. The van der Waals surface area contributed by atoms with Crippen LogP contribution in [-0.4, -0.2) is 4.98 Å². The maximum absolute atomic E-state index is 5.56. The zero-order valence-corrected chi connectivity index (χ0v) is 9.08. The largest absolute Gasteiger partial charge is 0.326 e. The molecule has 2 rings (SSSR count). The number of nitrogens with two attached hydrogens (primary N) is 1. The number of aromatic nitrogens is 1. The van der Waals surface area contributed by atoms with Crippen molar-refractivity contribution in [2.24, 2.45) is 5.73 Å². The molecule has 0 saturated carbocycles. The van der Waals surface area contributed by atoms with Crippen molar-refractivity contribution in [3.8, 4) is 11.1 Å². The van der Waals surface area contributed by atoms with Gasteiger partial charge in [0.2, 0.25) is 0 Å². The molecule has 0 aliphatic rings. The molecule has 3 heteroatoms. The summed E-state index contributed by atoms with van der Waals surface area (Å²) in [6, 6.07) is 12.2. The summed E-state index contributed by atoms with van der Waals surface area (Å²) in [6.45, 7) is 0.535. The highest BCUT2D eigenvalue weighted by molar-refractivity contribution is 5.85. The molecule has 0 amide bonds. The van der Waals surface area contributed by atoms with Gasteiger partial charge in [0.15, 0.2) is 0 Å². The summed E-state index contributed by atoms with van der Waals surface area (Å²) in [6.07, 6.45) is 3.65. The molecular formula is C12H13ClN2. The summed E-state index contributed by atoms with van der Waals surface area (Å²) < 4.78 is 0. The van der Waals surface area contributed by atoms with Crippen molar-refractivity contribution in [1.29, 1.82) is 0 Å². The lowest BCUT2D eigenvalue weighted by Gasteiger charge is -2.02. The van der Waals surface area contributed by atoms with E-state index >= 15 is 0 Å². The van der Waals surface area contributed by atoms with E-state index in [0.717, 1.165) is 11.1 Å². The Kier molecular flexibility index (Phi) is 4.28. The second kappa shape index (κ2) is 5.49. The third-order valence-electron chi connectivity index (χ3n) is 2.14. The molecule has 78 valence electrons. The molecule has 2 nitrogen and oxygen atoms in total. The molecule has 0 aliphatic carbocycles. The Balaban J connectivity index is 0.00000112. The molecule has 0 saturated heterocycles. The van der Waals surface area contributed by atoms with E-state index in [2.05, 4.69) is 23.2 Å². The van der Waals surface area contributed by atoms with Crippen LogP contribution in [0, 0.1) is 0 Å². The Morgan fingerprint density at radius 3 is 2.40 bits per heavy atom. The maximum atomic E-state index is 5.56. The first-order valence-corrected chi connectivity index (χ1v) is 4.59. The number of rotatable bonds is 2. The van der Waals surface area contributed by atoms with Crippen LogP contribution in [-0.2, 0) is 6.54 Å². The molecule has 0 atom stereocenters. The number of hydrogen-bond donors (Lipinski definition) is 1. The summed E-state index contributed by atoms with van der Waals surface area (Å²) in [5.74, 6) is 0. The van der Waals surface area contributed by atoms with Gasteiger partial charge in [-0.15, -0.1) is 12.4 Å². The molecular weight excluding hydrogens is 208 g/mol. The summed E-state index contributed by atoms with van der Waals surface area (Å²) >= 11 is 0. The van der Waals surface area contributed by atoms with Gasteiger partial charge in [0.1, 0.15) is 0 Å². The first kappa shape index (κ1) is 11.7. The van der Waals surface area contributed by atoms with Crippen molar-refractivity contribution in [2.45, 2.75) is 6.54 Å². The van der Waals surface area contributed by atoms with Gasteiger partial charge in [0.25, 0.3) is 0 Å². The Labute approximate surface area is 95.6 Å². The van der Waals surface area contributed by atoms with Crippen molar-refractivity contribution < 1.29 is 0 Å². The molecule has 0 radical (unpaired) electrons. The number of nitrogens with zero attached hydrogens (tertiary/aromatic N) is 1. The molecule has 2 N–H and O–H groups in total. The highest BCUT2D eigenvalue weighted by Crippen LogP contribution is 2.18. The highest BCUT2D eigenvalue weighted by atomic mass is 35.5. The van der Waals surface area contributed by atoms with Gasteiger partial charge in [-0.1, -0.05) is 30.3 Å². The number of benzene rings is 1. The topological polar surface area (TPSA) is 38.9 Å². The van der Waals surface area contributed by atoms with Gasteiger partial charge in [0, 0.05) is 24.5 Å². The molecule has 1 aromatic carbocycles. The van der Waals surface area contributed by atoms with Crippen LogP contribution in [0.4, 0.5) is 0 Å². The zero-order valence-electron chi connectivity index (χ0n) is 8.26. The van der Waals surface area contributed by atoms with Crippen LogP contribution in [0.5, 0.6) is 0 Å². The summed E-state index contributed by atoms with van der Waals surface area (Å²) in [4.78, 5) is 4.15. The zero-order chi connectivity index (χ0) is 9.80. The van der Waals surface area contributed by atoms with Crippen LogP contribution in [0.3, 0.4) is 0 Å². The quantitative estimate of drug-likeness (QED) is 0.845. The van der Waals surface area contributed by atoms with Crippen molar-refractivity contribution >= 4 is 12.4 Å². The van der Waals surface area contributed by atoms with E-state index in [0.29, 0.717) is 6.54 Å². The fraction of sp³-hybridized carbons (Fsp3) is 0.0833. The SMILES string of the molecule is Cl.NCc1cncc(-c2ccccc2)c1. The summed E-state index contributed by atoms with van der Waals surface area (Å²) in [5, 5.41) is 0. The van der Waals surface area contributed by atoms with Crippen LogP contribution < -0.4 is 5.73 Å². The Hall–Kier alpha value is -1.38. The molecule has 0 unspecified atom stereocenters. The van der Waals surface area contributed by atoms with Crippen molar-refractivity contribution in [3.63, 3.8) is 0 Å². The minimum absolute atomic E-state index is 0. The van der Waals surface area contributed by atoms with Crippen molar-refractivity contribution in [1.82, 2.24) is 4.98 Å². The van der Waals surface area contributed by atoms with Crippen LogP contribution in [0.2, 0.25) is 0 Å². The van der Waals surface area contributed by atoms with E-state index in [1.807, 2.05) is 24.4 Å². The lowest BCUT2D eigenvalue weighted by molar-refractivity contribution is 1.05. The van der Waals surface area contributed by atoms with Crippen LogP contribution in [0.15, 0.2) is 48.8 Å². The molecule has 0 fully saturated rings. The van der Waals surface area contributed by atoms with E-state index in [1.165, 1.54) is 5.56 Å².